The lowest BCUT2D eigenvalue weighted by molar-refractivity contribution is -0.134. The minimum absolute atomic E-state index is 0.178. The molecule has 2 aromatic carbocycles. The van der Waals surface area contributed by atoms with Crippen molar-refractivity contribution < 1.29 is 9.53 Å². The van der Waals surface area contributed by atoms with Gasteiger partial charge in [0, 0.05) is 37.8 Å². The highest BCUT2D eigenvalue weighted by molar-refractivity contribution is 6.30. The van der Waals surface area contributed by atoms with Crippen LogP contribution in [0.25, 0.3) is 0 Å². The Hall–Kier alpha value is -1.88. The van der Waals surface area contributed by atoms with Gasteiger partial charge in [0.2, 0.25) is 5.91 Å². The first-order valence-electron chi connectivity index (χ1n) is 10.9. The third-order valence-electron chi connectivity index (χ3n) is 5.91. The molecule has 0 spiro atoms. The highest BCUT2D eigenvalue weighted by Gasteiger charge is 2.27. The van der Waals surface area contributed by atoms with Gasteiger partial charge in [-0.25, -0.2) is 0 Å². The number of amides is 1. The molecule has 4 nitrogen and oxygen atoms in total. The minimum Gasteiger partial charge on any atom is -0.383 e. The van der Waals surface area contributed by atoms with E-state index in [2.05, 4.69) is 35.2 Å². The van der Waals surface area contributed by atoms with E-state index in [1.165, 1.54) is 12.0 Å². The van der Waals surface area contributed by atoms with Gasteiger partial charge in [-0.2, -0.15) is 0 Å². The maximum absolute atomic E-state index is 13.0. The summed E-state index contributed by atoms with van der Waals surface area (Å²) in [6.45, 7) is 4.46. The number of likely N-dealkylation sites (tertiary alicyclic amines) is 1. The van der Waals surface area contributed by atoms with Gasteiger partial charge in [0.05, 0.1) is 13.0 Å². The van der Waals surface area contributed by atoms with Gasteiger partial charge in [-0.05, 0) is 55.5 Å². The van der Waals surface area contributed by atoms with Crippen LogP contribution in [0.15, 0.2) is 54.6 Å². The van der Waals surface area contributed by atoms with E-state index < -0.39 is 0 Å². The summed E-state index contributed by atoms with van der Waals surface area (Å²) in [4.78, 5) is 17.6. The average Bonchev–Trinajstić information content (AvgIpc) is 2.77. The van der Waals surface area contributed by atoms with E-state index in [1.807, 2.05) is 29.2 Å². The van der Waals surface area contributed by atoms with E-state index in [9.17, 15) is 4.79 Å². The van der Waals surface area contributed by atoms with Crippen molar-refractivity contribution in [2.75, 3.05) is 39.9 Å². The highest BCUT2D eigenvalue weighted by atomic mass is 35.5. The topological polar surface area (TPSA) is 32.8 Å². The molecule has 1 heterocycles. The minimum atomic E-state index is 0.178. The van der Waals surface area contributed by atoms with Crippen molar-refractivity contribution >= 4 is 17.5 Å². The smallest absolute Gasteiger partial charge is 0.227 e. The Balaban J connectivity index is 1.48. The largest absolute Gasteiger partial charge is 0.383 e. The molecule has 1 aliphatic heterocycles. The Morgan fingerprint density at radius 1 is 1.07 bits per heavy atom. The van der Waals surface area contributed by atoms with Gasteiger partial charge in [-0.15, -0.1) is 0 Å². The predicted molar refractivity (Wildman–Crippen MR) is 123 cm³/mol. The molecule has 1 fully saturated rings. The van der Waals surface area contributed by atoms with Crippen LogP contribution in [0.5, 0.6) is 0 Å². The highest BCUT2D eigenvalue weighted by Crippen LogP contribution is 2.19. The number of hydrogen-bond acceptors (Lipinski definition) is 3. The van der Waals surface area contributed by atoms with Crippen LogP contribution in [0, 0.1) is 0 Å². The monoisotopic (exact) mass is 428 g/mol. The van der Waals surface area contributed by atoms with Crippen molar-refractivity contribution in [3.8, 4) is 0 Å². The van der Waals surface area contributed by atoms with Gasteiger partial charge in [-0.1, -0.05) is 54.1 Å². The normalized spacial score (nSPS) is 15.3. The van der Waals surface area contributed by atoms with Crippen molar-refractivity contribution in [3.05, 3.63) is 70.7 Å². The van der Waals surface area contributed by atoms with Crippen molar-refractivity contribution in [3.63, 3.8) is 0 Å². The molecule has 1 aliphatic rings. The summed E-state index contributed by atoms with van der Waals surface area (Å²) in [6.07, 6.45) is 4.78. The van der Waals surface area contributed by atoms with Gasteiger partial charge >= 0.3 is 0 Å². The molecule has 3 rings (SSSR count). The fourth-order valence-electron chi connectivity index (χ4n) is 4.19. The first kappa shape index (κ1) is 22.8. The van der Waals surface area contributed by atoms with Crippen molar-refractivity contribution in [1.82, 2.24) is 9.80 Å². The van der Waals surface area contributed by atoms with Crippen LogP contribution in [-0.4, -0.2) is 61.6 Å². The van der Waals surface area contributed by atoms with E-state index in [-0.39, 0.29) is 5.91 Å². The molecule has 5 heteroatoms. The summed E-state index contributed by atoms with van der Waals surface area (Å²) in [5.74, 6) is 0.178. The molecule has 0 unspecified atom stereocenters. The summed E-state index contributed by atoms with van der Waals surface area (Å²) >= 11 is 5.97. The van der Waals surface area contributed by atoms with Crippen LogP contribution >= 0.6 is 11.6 Å². The Bertz CT molecular complexity index is 758. The van der Waals surface area contributed by atoms with Crippen molar-refractivity contribution in [2.45, 2.75) is 38.1 Å². The molecule has 0 aliphatic carbocycles. The van der Waals surface area contributed by atoms with Gasteiger partial charge in [0.25, 0.3) is 0 Å². The molecule has 0 saturated carbocycles. The zero-order valence-electron chi connectivity index (χ0n) is 17.9. The lowest BCUT2D eigenvalue weighted by atomic mass is 10.0. The SMILES string of the molecule is COCCN(C(=O)Cc1ccc(Cl)cc1)C1CCN(CCCc2ccccc2)CC1. The number of nitrogens with zero attached hydrogens (tertiary/aromatic N) is 2. The third-order valence-corrected chi connectivity index (χ3v) is 6.16. The third kappa shape index (κ3) is 7.12. The van der Waals surface area contributed by atoms with E-state index in [0.717, 1.165) is 44.5 Å². The number of aryl methyl sites for hydroxylation is 1. The fourth-order valence-corrected chi connectivity index (χ4v) is 4.31. The van der Waals surface area contributed by atoms with Crippen LogP contribution in [0.1, 0.15) is 30.4 Å². The van der Waals surface area contributed by atoms with Gasteiger partial charge in [0.15, 0.2) is 0 Å². The number of hydrogen-bond donors (Lipinski definition) is 0. The van der Waals surface area contributed by atoms with Gasteiger partial charge < -0.3 is 14.5 Å². The van der Waals surface area contributed by atoms with E-state index >= 15 is 0 Å². The molecule has 0 atom stereocenters. The quantitative estimate of drug-likeness (QED) is 0.560. The molecule has 0 aromatic heterocycles. The molecule has 30 heavy (non-hydrogen) atoms. The first-order valence-corrected chi connectivity index (χ1v) is 11.3. The Kier molecular flexibility index (Phi) is 9.19. The van der Waals surface area contributed by atoms with Gasteiger partial charge in [0.1, 0.15) is 0 Å². The second kappa shape index (κ2) is 12.1. The van der Waals surface area contributed by atoms with E-state index in [4.69, 9.17) is 16.3 Å². The molecule has 2 aromatic rings. The number of carbonyl (C=O) groups excluding carboxylic acids is 1. The molecule has 0 N–H and O–H groups in total. The molecular formula is C25H33ClN2O2. The Labute approximate surface area is 185 Å². The molecule has 0 radical (unpaired) electrons. The molecule has 0 bridgehead atoms. The van der Waals surface area contributed by atoms with Crippen molar-refractivity contribution in [1.29, 1.82) is 0 Å². The Morgan fingerprint density at radius 2 is 1.77 bits per heavy atom. The number of piperidine rings is 1. The number of methoxy groups -OCH3 is 1. The number of ether oxygens (including phenoxy) is 1. The molecule has 162 valence electrons. The van der Waals surface area contributed by atoms with Crippen LogP contribution in [0.4, 0.5) is 0 Å². The van der Waals surface area contributed by atoms with Gasteiger partial charge in [-0.3, -0.25) is 4.79 Å². The summed E-state index contributed by atoms with van der Waals surface area (Å²) < 4.78 is 5.27. The molecular weight excluding hydrogens is 396 g/mol. The van der Waals surface area contributed by atoms with Crippen LogP contribution in [0.3, 0.4) is 0 Å². The lowest BCUT2D eigenvalue weighted by Gasteiger charge is -2.38. The second-order valence-electron chi connectivity index (χ2n) is 8.05. The zero-order valence-corrected chi connectivity index (χ0v) is 18.7. The summed E-state index contributed by atoms with van der Waals surface area (Å²) in [7, 11) is 1.69. The van der Waals surface area contributed by atoms with E-state index in [1.54, 1.807) is 7.11 Å². The molecule has 1 saturated heterocycles. The number of halogens is 1. The summed E-state index contributed by atoms with van der Waals surface area (Å²) in [5, 5.41) is 0.696. The van der Waals surface area contributed by atoms with Crippen molar-refractivity contribution in [2.24, 2.45) is 0 Å². The maximum Gasteiger partial charge on any atom is 0.227 e. The summed E-state index contributed by atoms with van der Waals surface area (Å²) in [5.41, 5.74) is 2.41. The van der Waals surface area contributed by atoms with Crippen LogP contribution in [-0.2, 0) is 22.4 Å². The second-order valence-corrected chi connectivity index (χ2v) is 8.48. The maximum atomic E-state index is 13.0. The zero-order chi connectivity index (χ0) is 21.2. The number of rotatable bonds is 10. The lowest BCUT2D eigenvalue weighted by Crippen LogP contribution is -2.49. The fraction of sp³-hybridized carbons (Fsp3) is 0.480. The number of benzene rings is 2. The first-order chi connectivity index (χ1) is 14.7. The van der Waals surface area contributed by atoms with Crippen LogP contribution in [0.2, 0.25) is 5.02 Å². The number of carbonyl (C=O) groups is 1. The van der Waals surface area contributed by atoms with E-state index in [0.29, 0.717) is 30.6 Å². The standard InChI is InChI=1S/C25H33ClN2O2/c1-30-19-18-28(25(29)20-22-9-11-23(26)12-10-22)24-13-16-27(17-14-24)15-5-8-21-6-3-2-4-7-21/h2-4,6-7,9-12,24H,5,8,13-20H2,1H3. The van der Waals surface area contributed by atoms with Crippen LogP contribution < -0.4 is 0 Å². The predicted octanol–water partition coefficient (Wildman–Crippen LogP) is 4.45. The molecule has 1 amide bonds. The summed E-state index contributed by atoms with van der Waals surface area (Å²) in [6, 6.07) is 18.5. The average molecular weight is 429 g/mol. The Morgan fingerprint density at radius 3 is 2.43 bits per heavy atom.